The third-order valence-corrected chi connectivity index (χ3v) is 5.04. The number of aryl methyl sites for hydroxylation is 2. The van der Waals surface area contributed by atoms with Crippen LogP contribution < -0.4 is 0 Å². The van der Waals surface area contributed by atoms with Gasteiger partial charge in [0.2, 0.25) is 0 Å². The van der Waals surface area contributed by atoms with E-state index in [1.54, 1.807) is 6.20 Å². The lowest BCUT2D eigenvalue weighted by molar-refractivity contribution is 0.0723. The fraction of sp³-hybridized carbons (Fsp3) is 0.333. The summed E-state index contributed by atoms with van der Waals surface area (Å²) in [5.41, 5.74) is 2.38. The van der Waals surface area contributed by atoms with Gasteiger partial charge in [0.15, 0.2) is 5.82 Å². The molecule has 1 atom stereocenters. The minimum absolute atomic E-state index is 0.0219. The SMILES string of the molecule is Cc1cccnc1C(=O)N1CCCC1CCc1noc(-c2ccccc2)n1. The predicted molar refractivity (Wildman–Crippen MR) is 101 cm³/mol. The van der Waals surface area contributed by atoms with Crippen LogP contribution in [0.3, 0.4) is 0 Å². The third-order valence-electron chi connectivity index (χ3n) is 5.04. The Labute approximate surface area is 158 Å². The molecule has 1 aliphatic rings. The maximum atomic E-state index is 12.9. The highest BCUT2D eigenvalue weighted by molar-refractivity contribution is 5.94. The number of benzene rings is 1. The molecule has 1 saturated heterocycles. The van der Waals surface area contributed by atoms with Crippen LogP contribution in [-0.4, -0.2) is 38.5 Å². The molecule has 1 aliphatic heterocycles. The Morgan fingerprint density at radius 2 is 2.07 bits per heavy atom. The van der Waals surface area contributed by atoms with Crippen molar-refractivity contribution in [2.45, 2.75) is 38.6 Å². The molecular weight excluding hydrogens is 340 g/mol. The Hall–Kier alpha value is -3.02. The van der Waals surface area contributed by atoms with E-state index in [1.165, 1.54) is 0 Å². The summed E-state index contributed by atoms with van der Waals surface area (Å²) in [5, 5.41) is 4.09. The predicted octanol–water partition coefficient (Wildman–Crippen LogP) is 3.68. The number of rotatable bonds is 5. The van der Waals surface area contributed by atoms with E-state index in [0.29, 0.717) is 23.8 Å². The van der Waals surface area contributed by atoms with Crippen molar-refractivity contribution in [1.82, 2.24) is 20.0 Å². The molecule has 0 spiro atoms. The molecule has 6 heteroatoms. The quantitative estimate of drug-likeness (QED) is 0.692. The fourth-order valence-corrected chi connectivity index (χ4v) is 3.60. The number of carbonyl (C=O) groups is 1. The summed E-state index contributed by atoms with van der Waals surface area (Å²) in [6.07, 6.45) is 5.21. The first-order valence-corrected chi connectivity index (χ1v) is 9.33. The summed E-state index contributed by atoms with van der Waals surface area (Å²) in [4.78, 5) is 23.6. The summed E-state index contributed by atoms with van der Waals surface area (Å²) in [7, 11) is 0. The molecule has 1 fully saturated rings. The van der Waals surface area contributed by atoms with Crippen LogP contribution in [0.5, 0.6) is 0 Å². The highest BCUT2D eigenvalue weighted by atomic mass is 16.5. The van der Waals surface area contributed by atoms with Gasteiger partial charge in [-0.25, -0.2) is 0 Å². The summed E-state index contributed by atoms with van der Waals surface area (Å²) >= 11 is 0. The molecule has 4 rings (SSSR count). The molecule has 1 unspecified atom stereocenters. The lowest BCUT2D eigenvalue weighted by Gasteiger charge is -2.24. The number of amides is 1. The van der Waals surface area contributed by atoms with E-state index in [9.17, 15) is 4.79 Å². The van der Waals surface area contributed by atoms with Crippen LogP contribution in [0.1, 0.15) is 41.1 Å². The van der Waals surface area contributed by atoms with Crippen molar-refractivity contribution >= 4 is 5.91 Å². The number of likely N-dealkylation sites (tertiary alicyclic amines) is 1. The first-order chi connectivity index (χ1) is 13.2. The van der Waals surface area contributed by atoms with Gasteiger partial charge in [0, 0.05) is 30.8 Å². The van der Waals surface area contributed by atoms with E-state index in [4.69, 9.17) is 4.52 Å². The maximum Gasteiger partial charge on any atom is 0.272 e. The summed E-state index contributed by atoms with van der Waals surface area (Å²) in [6, 6.07) is 13.7. The van der Waals surface area contributed by atoms with Crippen LogP contribution >= 0.6 is 0 Å². The number of hydrogen-bond donors (Lipinski definition) is 0. The maximum absolute atomic E-state index is 12.9. The number of hydrogen-bond acceptors (Lipinski definition) is 5. The zero-order valence-electron chi connectivity index (χ0n) is 15.3. The van der Waals surface area contributed by atoms with Crippen LogP contribution in [-0.2, 0) is 6.42 Å². The van der Waals surface area contributed by atoms with Gasteiger partial charge in [0.25, 0.3) is 11.8 Å². The Morgan fingerprint density at radius 1 is 1.22 bits per heavy atom. The lowest BCUT2D eigenvalue weighted by Crippen LogP contribution is -2.36. The molecule has 3 heterocycles. The highest BCUT2D eigenvalue weighted by Crippen LogP contribution is 2.24. The smallest absolute Gasteiger partial charge is 0.272 e. The second kappa shape index (κ2) is 7.70. The molecule has 3 aromatic rings. The van der Waals surface area contributed by atoms with Crippen molar-refractivity contribution in [3.63, 3.8) is 0 Å². The van der Waals surface area contributed by atoms with Gasteiger partial charge in [-0.3, -0.25) is 9.78 Å². The summed E-state index contributed by atoms with van der Waals surface area (Å²) < 4.78 is 5.37. The van der Waals surface area contributed by atoms with Crippen molar-refractivity contribution in [2.75, 3.05) is 6.54 Å². The molecular formula is C21H22N4O2. The number of carbonyl (C=O) groups excluding carboxylic acids is 1. The fourth-order valence-electron chi connectivity index (χ4n) is 3.60. The van der Waals surface area contributed by atoms with Crippen LogP contribution in [0.2, 0.25) is 0 Å². The monoisotopic (exact) mass is 362 g/mol. The van der Waals surface area contributed by atoms with Gasteiger partial charge in [-0.2, -0.15) is 4.98 Å². The molecule has 6 nitrogen and oxygen atoms in total. The molecule has 0 aliphatic carbocycles. The lowest BCUT2D eigenvalue weighted by atomic mass is 10.1. The average molecular weight is 362 g/mol. The third kappa shape index (κ3) is 3.74. The molecule has 138 valence electrons. The Bertz CT molecular complexity index is 923. The largest absolute Gasteiger partial charge is 0.334 e. The van der Waals surface area contributed by atoms with Gasteiger partial charge in [0.1, 0.15) is 5.69 Å². The first kappa shape index (κ1) is 17.4. The summed E-state index contributed by atoms with van der Waals surface area (Å²) in [5.74, 6) is 1.24. The van der Waals surface area contributed by atoms with Crippen molar-refractivity contribution in [2.24, 2.45) is 0 Å². The molecule has 0 radical (unpaired) electrons. The minimum atomic E-state index is 0.0219. The van der Waals surface area contributed by atoms with Gasteiger partial charge < -0.3 is 9.42 Å². The number of nitrogens with zero attached hydrogens (tertiary/aromatic N) is 4. The van der Waals surface area contributed by atoms with E-state index in [1.807, 2.05) is 54.3 Å². The van der Waals surface area contributed by atoms with E-state index in [2.05, 4.69) is 15.1 Å². The molecule has 27 heavy (non-hydrogen) atoms. The number of pyridine rings is 1. The van der Waals surface area contributed by atoms with Gasteiger partial charge in [0.05, 0.1) is 0 Å². The average Bonchev–Trinajstić information content (AvgIpc) is 3.36. The minimum Gasteiger partial charge on any atom is -0.334 e. The van der Waals surface area contributed by atoms with Crippen molar-refractivity contribution in [3.8, 4) is 11.5 Å². The van der Waals surface area contributed by atoms with Gasteiger partial charge in [-0.15, -0.1) is 0 Å². The van der Waals surface area contributed by atoms with Gasteiger partial charge in [-0.05, 0) is 49.9 Å². The van der Waals surface area contributed by atoms with Crippen LogP contribution in [0.15, 0.2) is 53.2 Å². The Kier molecular flexibility index (Phi) is 4.96. The normalized spacial score (nSPS) is 16.6. The van der Waals surface area contributed by atoms with E-state index < -0.39 is 0 Å². The topological polar surface area (TPSA) is 72.1 Å². The van der Waals surface area contributed by atoms with Crippen LogP contribution in [0.25, 0.3) is 11.5 Å². The van der Waals surface area contributed by atoms with E-state index in [-0.39, 0.29) is 11.9 Å². The van der Waals surface area contributed by atoms with Crippen molar-refractivity contribution < 1.29 is 9.32 Å². The zero-order chi connectivity index (χ0) is 18.6. The van der Waals surface area contributed by atoms with E-state index in [0.717, 1.165) is 36.9 Å². The molecule has 0 saturated carbocycles. The molecule has 0 bridgehead atoms. The van der Waals surface area contributed by atoms with Gasteiger partial charge >= 0.3 is 0 Å². The first-order valence-electron chi connectivity index (χ1n) is 9.33. The van der Waals surface area contributed by atoms with E-state index >= 15 is 0 Å². The molecule has 0 N–H and O–H groups in total. The molecule has 2 aromatic heterocycles. The summed E-state index contributed by atoms with van der Waals surface area (Å²) in [6.45, 7) is 2.71. The molecule has 1 aromatic carbocycles. The standard InChI is InChI=1S/C21H22N4O2/c1-15-7-5-13-22-19(15)21(26)25-14-6-10-17(25)11-12-18-23-20(27-24-18)16-8-3-2-4-9-16/h2-5,7-9,13,17H,6,10-12,14H2,1H3. The van der Waals surface area contributed by atoms with Crippen molar-refractivity contribution in [1.29, 1.82) is 0 Å². The van der Waals surface area contributed by atoms with Crippen molar-refractivity contribution in [3.05, 3.63) is 65.7 Å². The highest BCUT2D eigenvalue weighted by Gasteiger charge is 2.30. The number of aromatic nitrogens is 3. The van der Waals surface area contributed by atoms with Gasteiger partial charge in [-0.1, -0.05) is 29.4 Å². The second-order valence-electron chi connectivity index (χ2n) is 6.88. The Morgan fingerprint density at radius 3 is 2.89 bits per heavy atom. The van der Waals surface area contributed by atoms with Crippen LogP contribution in [0, 0.1) is 6.92 Å². The second-order valence-corrected chi connectivity index (χ2v) is 6.88. The zero-order valence-corrected chi connectivity index (χ0v) is 15.3. The molecule has 1 amide bonds. The van der Waals surface area contributed by atoms with Crippen LogP contribution in [0.4, 0.5) is 0 Å². The Balaban J connectivity index is 1.41.